The molecule has 0 saturated carbocycles. The molecule has 1 heterocycles. The first-order valence-corrected chi connectivity index (χ1v) is 13.1. The van der Waals surface area contributed by atoms with Crippen LogP contribution in [-0.4, -0.2) is 13.0 Å². The molecule has 39 heavy (non-hydrogen) atoms. The molecule has 5 aromatic rings. The number of aryl methyl sites for hydroxylation is 1. The summed E-state index contributed by atoms with van der Waals surface area (Å²) in [4.78, 5) is 17.0. The van der Waals surface area contributed by atoms with Gasteiger partial charge in [0.2, 0.25) is 0 Å². The van der Waals surface area contributed by atoms with Crippen molar-refractivity contribution in [1.29, 1.82) is 0 Å². The van der Waals surface area contributed by atoms with Crippen molar-refractivity contribution in [2.45, 2.75) is 18.0 Å². The fourth-order valence-electron chi connectivity index (χ4n) is 5.95. The number of hydrogen-bond acceptors (Lipinski definition) is 3. The molecular weight excluding hydrogens is 480 g/mol. The number of fused-ring (bicyclic) bond motifs is 1. The van der Waals surface area contributed by atoms with Gasteiger partial charge in [0.05, 0.1) is 12.8 Å². The fourth-order valence-corrected chi connectivity index (χ4v) is 5.95. The molecule has 1 aliphatic heterocycles. The molecule has 1 atom stereocenters. The first-order valence-electron chi connectivity index (χ1n) is 13.1. The van der Waals surface area contributed by atoms with Gasteiger partial charge in [-0.15, -0.1) is 0 Å². The average Bonchev–Trinajstić information content (AvgIpc) is 3.22. The minimum Gasteiger partial charge on any atom is -0.497 e. The van der Waals surface area contributed by atoms with Gasteiger partial charge < -0.3 is 10.5 Å². The molecule has 1 unspecified atom stereocenters. The number of ether oxygens (including phenoxy) is 1. The van der Waals surface area contributed by atoms with Crippen molar-refractivity contribution < 1.29 is 9.53 Å². The lowest BCUT2D eigenvalue weighted by Gasteiger charge is -2.44. The predicted molar refractivity (Wildman–Crippen MR) is 156 cm³/mol. The first kappa shape index (κ1) is 24.7. The number of hydrogen-bond donors (Lipinski definition) is 1. The second kappa shape index (κ2) is 9.57. The Hall–Kier alpha value is -4.67. The van der Waals surface area contributed by atoms with E-state index in [-0.39, 0.29) is 5.91 Å². The number of nitrogens with zero attached hydrogens (tertiary/aromatic N) is 1. The Morgan fingerprint density at radius 2 is 1.18 bits per heavy atom. The second-order valence-corrected chi connectivity index (χ2v) is 10.0. The standard InChI is InChI=1S/C35H30N2O2/c1-25-18-23-32-31(24-25)34(36,26-19-21-30(39-2)22-20-26)33(38)37(32)35(27-12-6-3-7-13-27,28-14-8-4-9-15-28)29-16-10-5-11-17-29/h3-24H,36H2,1-2H3. The van der Waals surface area contributed by atoms with E-state index in [9.17, 15) is 0 Å². The van der Waals surface area contributed by atoms with Gasteiger partial charge in [-0.05, 0) is 47.4 Å². The number of amides is 1. The smallest absolute Gasteiger partial charge is 0.257 e. The van der Waals surface area contributed by atoms with Crippen LogP contribution in [0, 0.1) is 6.92 Å². The number of carbonyl (C=O) groups excluding carboxylic acids is 1. The summed E-state index contributed by atoms with van der Waals surface area (Å²) in [6, 6.07) is 44.3. The van der Waals surface area contributed by atoms with Crippen molar-refractivity contribution in [1.82, 2.24) is 0 Å². The predicted octanol–water partition coefficient (Wildman–Crippen LogP) is 6.54. The molecule has 0 saturated heterocycles. The molecule has 6 rings (SSSR count). The Labute approximate surface area is 229 Å². The van der Waals surface area contributed by atoms with Gasteiger partial charge in [0.15, 0.2) is 0 Å². The van der Waals surface area contributed by atoms with E-state index < -0.39 is 11.1 Å². The minimum atomic E-state index is -1.39. The largest absolute Gasteiger partial charge is 0.497 e. The Morgan fingerprint density at radius 3 is 1.64 bits per heavy atom. The Kier molecular flexibility index (Phi) is 6.05. The molecular formula is C35H30N2O2. The van der Waals surface area contributed by atoms with Gasteiger partial charge in [-0.25, -0.2) is 0 Å². The Bertz CT molecular complexity index is 1520. The number of methoxy groups -OCH3 is 1. The Morgan fingerprint density at radius 1 is 0.692 bits per heavy atom. The third-order valence-electron chi connectivity index (χ3n) is 7.81. The van der Waals surface area contributed by atoms with Crippen molar-refractivity contribution >= 4 is 11.6 Å². The molecule has 4 heteroatoms. The monoisotopic (exact) mass is 510 g/mol. The molecule has 0 spiro atoms. The summed E-state index contributed by atoms with van der Waals surface area (Å²) in [6.07, 6.45) is 0. The number of nitrogens with two attached hydrogens (primary N) is 1. The minimum absolute atomic E-state index is 0.190. The van der Waals surface area contributed by atoms with Crippen LogP contribution in [0.1, 0.15) is 33.4 Å². The summed E-state index contributed by atoms with van der Waals surface area (Å²) in [7, 11) is 1.63. The van der Waals surface area contributed by atoms with Crippen molar-refractivity contribution in [3.05, 3.63) is 167 Å². The maximum atomic E-state index is 15.1. The summed E-state index contributed by atoms with van der Waals surface area (Å²) in [5.41, 5.74) is 11.2. The van der Waals surface area contributed by atoms with Crippen LogP contribution in [0.4, 0.5) is 5.69 Å². The summed E-state index contributed by atoms with van der Waals surface area (Å²) in [5.74, 6) is 0.520. The highest BCUT2D eigenvalue weighted by Crippen LogP contribution is 2.53. The average molecular weight is 511 g/mol. The topological polar surface area (TPSA) is 55.6 Å². The maximum Gasteiger partial charge on any atom is 0.257 e. The molecule has 0 aromatic heterocycles. The van der Waals surface area contributed by atoms with Crippen LogP contribution >= 0.6 is 0 Å². The van der Waals surface area contributed by atoms with Crippen molar-refractivity contribution in [3.8, 4) is 5.75 Å². The molecule has 5 aromatic carbocycles. The normalized spacial score (nSPS) is 16.7. The van der Waals surface area contributed by atoms with Crippen LogP contribution in [0.15, 0.2) is 133 Å². The lowest BCUT2D eigenvalue weighted by Crippen LogP contribution is -2.56. The number of anilines is 1. The maximum absolute atomic E-state index is 15.1. The zero-order valence-electron chi connectivity index (χ0n) is 22.0. The van der Waals surface area contributed by atoms with Crippen molar-refractivity contribution in [2.75, 3.05) is 12.0 Å². The lowest BCUT2D eigenvalue weighted by molar-refractivity contribution is -0.122. The van der Waals surface area contributed by atoms with E-state index in [0.717, 1.165) is 33.5 Å². The van der Waals surface area contributed by atoms with E-state index >= 15 is 4.79 Å². The number of rotatable bonds is 6. The molecule has 0 fully saturated rings. The summed E-state index contributed by atoms with van der Waals surface area (Å²) in [5, 5.41) is 0. The van der Waals surface area contributed by atoms with Crippen LogP contribution in [0.2, 0.25) is 0 Å². The van der Waals surface area contributed by atoms with Gasteiger partial charge in [0.1, 0.15) is 16.8 Å². The molecule has 1 aliphatic rings. The molecule has 192 valence electrons. The quantitative estimate of drug-likeness (QED) is 0.264. The van der Waals surface area contributed by atoms with Gasteiger partial charge >= 0.3 is 0 Å². The van der Waals surface area contributed by atoms with E-state index in [1.807, 2.05) is 109 Å². The zero-order valence-corrected chi connectivity index (χ0v) is 22.0. The lowest BCUT2D eigenvalue weighted by atomic mass is 9.75. The number of benzene rings is 5. The van der Waals surface area contributed by atoms with Gasteiger partial charge in [0.25, 0.3) is 5.91 Å². The summed E-state index contributed by atoms with van der Waals surface area (Å²) < 4.78 is 5.39. The van der Waals surface area contributed by atoms with E-state index in [1.165, 1.54) is 0 Å². The van der Waals surface area contributed by atoms with E-state index in [4.69, 9.17) is 10.5 Å². The van der Waals surface area contributed by atoms with Crippen LogP contribution in [0.3, 0.4) is 0 Å². The van der Waals surface area contributed by atoms with Crippen LogP contribution in [0.5, 0.6) is 5.75 Å². The molecule has 0 aliphatic carbocycles. The van der Waals surface area contributed by atoms with Gasteiger partial charge in [-0.1, -0.05) is 121 Å². The van der Waals surface area contributed by atoms with E-state index in [2.05, 4.69) is 36.4 Å². The second-order valence-electron chi connectivity index (χ2n) is 10.0. The molecule has 0 bridgehead atoms. The summed E-state index contributed by atoms with van der Waals surface area (Å²) in [6.45, 7) is 2.03. The molecule has 4 nitrogen and oxygen atoms in total. The molecule has 0 radical (unpaired) electrons. The van der Waals surface area contributed by atoms with Crippen LogP contribution in [0.25, 0.3) is 0 Å². The first-order chi connectivity index (χ1) is 19.0. The third-order valence-corrected chi connectivity index (χ3v) is 7.81. The highest BCUT2D eigenvalue weighted by Gasteiger charge is 2.57. The van der Waals surface area contributed by atoms with Gasteiger partial charge in [0, 0.05) is 5.56 Å². The zero-order chi connectivity index (χ0) is 27.0. The Balaban J connectivity index is 1.72. The highest BCUT2D eigenvalue weighted by atomic mass is 16.5. The summed E-state index contributed by atoms with van der Waals surface area (Å²) >= 11 is 0. The van der Waals surface area contributed by atoms with Crippen molar-refractivity contribution in [2.24, 2.45) is 5.73 Å². The van der Waals surface area contributed by atoms with E-state index in [1.54, 1.807) is 7.11 Å². The molecule has 1 amide bonds. The van der Waals surface area contributed by atoms with Gasteiger partial charge in [-0.3, -0.25) is 9.69 Å². The van der Waals surface area contributed by atoms with Crippen LogP contribution < -0.4 is 15.4 Å². The highest BCUT2D eigenvalue weighted by molar-refractivity contribution is 6.12. The van der Waals surface area contributed by atoms with Gasteiger partial charge in [-0.2, -0.15) is 0 Å². The molecule has 2 N–H and O–H groups in total. The van der Waals surface area contributed by atoms with Crippen molar-refractivity contribution in [3.63, 3.8) is 0 Å². The van der Waals surface area contributed by atoms with Crippen LogP contribution in [-0.2, 0) is 15.9 Å². The fraction of sp³-hybridized carbons (Fsp3) is 0.114. The van der Waals surface area contributed by atoms with E-state index in [0.29, 0.717) is 11.3 Å². The SMILES string of the molecule is COc1ccc(C2(N)C(=O)N(C(c3ccccc3)(c3ccccc3)c3ccccc3)c3ccc(C)cc32)cc1. The third kappa shape index (κ3) is 3.68. The number of carbonyl (C=O) groups is 1.